The zero-order valence-electron chi connectivity index (χ0n) is 9.64. The molecule has 0 bridgehead atoms. The van der Waals surface area contributed by atoms with Crippen LogP contribution in [0, 0.1) is 5.82 Å². The Kier molecular flexibility index (Phi) is 4.64. The molecule has 0 radical (unpaired) electrons. The molecule has 4 heteroatoms. The van der Waals surface area contributed by atoms with Gasteiger partial charge in [0, 0.05) is 21.7 Å². The molecule has 0 aliphatic carbocycles. The predicted molar refractivity (Wildman–Crippen MR) is 75.5 cm³/mol. The molecule has 1 nitrogen and oxygen atoms in total. The number of benzene rings is 2. The van der Waals surface area contributed by atoms with Crippen LogP contribution >= 0.6 is 23.4 Å². The minimum Gasteiger partial charge on any atom is -0.329 e. The summed E-state index contributed by atoms with van der Waals surface area (Å²) in [6.45, 7) is 0.489. The molecule has 1 unspecified atom stereocenters. The van der Waals surface area contributed by atoms with E-state index in [9.17, 15) is 4.39 Å². The highest BCUT2D eigenvalue weighted by Crippen LogP contribution is 2.35. The van der Waals surface area contributed by atoms with E-state index in [1.54, 1.807) is 23.9 Å². The number of hydrogen-bond acceptors (Lipinski definition) is 2. The fourth-order valence-electron chi connectivity index (χ4n) is 1.63. The molecule has 2 N–H and O–H groups in total. The van der Waals surface area contributed by atoms with E-state index in [-0.39, 0.29) is 11.1 Å². The molecule has 0 aliphatic rings. The van der Waals surface area contributed by atoms with Gasteiger partial charge >= 0.3 is 0 Å². The number of thioether (sulfide) groups is 1. The molecule has 0 amide bonds. The number of rotatable bonds is 4. The van der Waals surface area contributed by atoms with Crippen LogP contribution in [0.1, 0.15) is 10.8 Å². The van der Waals surface area contributed by atoms with Crippen molar-refractivity contribution in [3.63, 3.8) is 0 Å². The van der Waals surface area contributed by atoms with Gasteiger partial charge in [-0.3, -0.25) is 0 Å². The summed E-state index contributed by atoms with van der Waals surface area (Å²) in [5.41, 5.74) is 6.80. The average molecular weight is 282 g/mol. The van der Waals surface area contributed by atoms with Gasteiger partial charge in [0.1, 0.15) is 5.82 Å². The molecule has 0 heterocycles. The standard InChI is InChI=1S/C14H13ClFNS/c15-11-2-1-3-13(8-11)18-14(9-17)10-4-6-12(16)7-5-10/h1-8,14H,9,17H2. The Morgan fingerprint density at radius 1 is 1.17 bits per heavy atom. The Morgan fingerprint density at radius 3 is 2.50 bits per heavy atom. The smallest absolute Gasteiger partial charge is 0.123 e. The highest BCUT2D eigenvalue weighted by Gasteiger charge is 2.11. The summed E-state index contributed by atoms with van der Waals surface area (Å²) in [5.74, 6) is -0.234. The Labute approximate surface area is 115 Å². The van der Waals surface area contributed by atoms with Gasteiger partial charge in [-0.05, 0) is 35.9 Å². The third-order valence-corrected chi connectivity index (χ3v) is 4.04. The fourth-order valence-corrected chi connectivity index (χ4v) is 2.96. The predicted octanol–water partition coefficient (Wildman–Crippen LogP) is 4.27. The lowest BCUT2D eigenvalue weighted by atomic mass is 10.1. The van der Waals surface area contributed by atoms with E-state index in [2.05, 4.69) is 0 Å². The van der Waals surface area contributed by atoms with Crippen molar-refractivity contribution in [3.8, 4) is 0 Å². The molecular formula is C14H13ClFNS. The maximum atomic E-state index is 12.9. The van der Waals surface area contributed by atoms with Crippen molar-refractivity contribution in [2.75, 3.05) is 6.54 Å². The molecule has 0 saturated carbocycles. The van der Waals surface area contributed by atoms with E-state index in [0.29, 0.717) is 11.6 Å². The topological polar surface area (TPSA) is 26.0 Å². The van der Waals surface area contributed by atoms with E-state index < -0.39 is 0 Å². The van der Waals surface area contributed by atoms with Crippen LogP contribution in [0.2, 0.25) is 5.02 Å². The summed E-state index contributed by atoms with van der Waals surface area (Å²) >= 11 is 7.57. The monoisotopic (exact) mass is 281 g/mol. The van der Waals surface area contributed by atoms with Crippen molar-refractivity contribution in [1.29, 1.82) is 0 Å². The Morgan fingerprint density at radius 2 is 1.89 bits per heavy atom. The molecule has 2 rings (SSSR count). The zero-order valence-corrected chi connectivity index (χ0v) is 11.2. The van der Waals surface area contributed by atoms with Crippen molar-refractivity contribution in [2.45, 2.75) is 10.1 Å². The zero-order chi connectivity index (χ0) is 13.0. The van der Waals surface area contributed by atoms with Gasteiger partial charge in [0.25, 0.3) is 0 Å². The Balaban J connectivity index is 2.17. The second-order valence-corrected chi connectivity index (χ2v) is 5.56. The van der Waals surface area contributed by atoms with Crippen LogP contribution in [0.25, 0.3) is 0 Å². The first-order valence-corrected chi connectivity index (χ1v) is 6.82. The van der Waals surface area contributed by atoms with E-state index in [1.165, 1.54) is 12.1 Å². The van der Waals surface area contributed by atoms with Crippen molar-refractivity contribution >= 4 is 23.4 Å². The number of halogens is 2. The summed E-state index contributed by atoms with van der Waals surface area (Å²) in [5, 5.41) is 0.805. The lowest BCUT2D eigenvalue weighted by Crippen LogP contribution is -2.09. The molecular weight excluding hydrogens is 269 g/mol. The van der Waals surface area contributed by atoms with Crippen LogP contribution in [-0.2, 0) is 0 Å². The van der Waals surface area contributed by atoms with Gasteiger partial charge in [0.2, 0.25) is 0 Å². The van der Waals surface area contributed by atoms with Crippen molar-refractivity contribution in [1.82, 2.24) is 0 Å². The molecule has 0 spiro atoms. The van der Waals surface area contributed by atoms with Gasteiger partial charge < -0.3 is 5.73 Å². The van der Waals surface area contributed by atoms with Crippen LogP contribution in [-0.4, -0.2) is 6.54 Å². The Hall–Kier alpha value is -1.03. The van der Waals surface area contributed by atoms with Crippen LogP contribution in [0.15, 0.2) is 53.4 Å². The summed E-state index contributed by atoms with van der Waals surface area (Å²) in [6, 6.07) is 14.1. The van der Waals surface area contributed by atoms with Gasteiger partial charge in [-0.15, -0.1) is 11.8 Å². The van der Waals surface area contributed by atoms with Gasteiger partial charge in [-0.25, -0.2) is 4.39 Å². The molecule has 2 aromatic carbocycles. The first kappa shape index (κ1) is 13.4. The molecule has 18 heavy (non-hydrogen) atoms. The van der Waals surface area contributed by atoms with Crippen molar-refractivity contribution in [3.05, 3.63) is 64.9 Å². The van der Waals surface area contributed by atoms with Gasteiger partial charge in [-0.1, -0.05) is 29.8 Å². The highest BCUT2D eigenvalue weighted by molar-refractivity contribution is 7.99. The number of nitrogens with two attached hydrogens (primary N) is 1. The van der Waals surface area contributed by atoms with E-state index >= 15 is 0 Å². The molecule has 94 valence electrons. The maximum absolute atomic E-state index is 12.9. The molecule has 0 aliphatic heterocycles. The molecule has 0 aromatic heterocycles. The maximum Gasteiger partial charge on any atom is 0.123 e. The molecule has 0 saturated heterocycles. The minimum absolute atomic E-state index is 0.101. The average Bonchev–Trinajstić information content (AvgIpc) is 2.37. The highest BCUT2D eigenvalue weighted by atomic mass is 35.5. The van der Waals surface area contributed by atoms with Crippen LogP contribution in [0.4, 0.5) is 4.39 Å². The Bertz CT molecular complexity index is 515. The third kappa shape index (κ3) is 3.48. The van der Waals surface area contributed by atoms with Gasteiger partial charge in [-0.2, -0.15) is 0 Å². The van der Waals surface area contributed by atoms with E-state index in [0.717, 1.165) is 10.5 Å². The van der Waals surface area contributed by atoms with Gasteiger partial charge in [0.15, 0.2) is 0 Å². The molecule has 1 atom stereocenters. The number of hydrogen-bond donors (Lipinski definition) is 1. The van der Waals surface area contributed by atoms with Crippen molar-refractivity contribution < 1.29 is 4.39 Å². The SMILES string of the molecule is NCC(Sc1cccc(Cl)c1)c1ccc(F)cc1. The first-order valence-electron chi connectivity index (χ1n) is 5.57. The minimum atomic E-state index is -0.234. The lowest BCUT2D eigenvalue weighted by molar-refractivity contribution is 0.627. The molecule has 2 aromatic rings. The normalized spacial score (nSPS) is 12.4. The third-order valence-electron chi connectivity index (χ3n) is 2.53. The second-order valence-electron chi connectivity index (χ2n) is 3.85. The quantitative estimate of drug-likeness (QED) is 0.847. The lowest BCUT2D eigenvalue weighted by Gasteiger charge is -2.15. The van der Waals surface area contributed by atoms with E-state index in [4.69, 9.17) is 17.3 Å². The van der Waals surface area contributed by atoms with Crippen LogP contribution in [0.5, 0.6) is 0 Å². The summed E-state index contributed by atoms with van der Waals surface area (Å²) in [6.07, 6.45) is 0. The summed E-state index contributed by atoms with van der Waals surface area (Å²) < 4.78 is 12.9. The van der Waals surface area contributed by atoms with E-state index in [1.807, 2.05) is 24.3 Å². The van der Waals surface area contributed by atoms with Crippen LogP contribution in [0.3, 0.4) is 0 Å². The van der Waals surface area contributed by atoms with Crippen LogP contribution < -0.4 is 5.73 Å². The largest absolute Gasteiger partial charge is 0.329 e. The first-order chi connectivity index (χ1) is 8.69. The molecule has 0 fully saturated rings. The summed E-state index contributed by atoms with van der Waals surface area (Å²) in [7, 11) is 0. The van der Waals surface area contributed by atoms with Crippen molar-refractivity contribution in [2.24, 2.45) is 5.73 Å². The van der Waals surface area contributed by atoms with Gasteiger partial charge in [0.05, 0.1) is 0 Å². The summed E-state index contributed by atoms with van der Waals surface area (Å²) in [4.78, 5) is 1.06. The fraction of sp³-hybridized carbons (Fsp3) is 0.143. The second kappa shape index (κ2) is 6.23.